The van der Waals surface area contributed by atoms with Crippen LogP contribution in [0.1, 0.15) is 45.4 Å². The molecule has 1 saturated carbocycles. The van der Waals surface area contributed by atoms with Crippen LogP contribution in [0.25, 0.3) is 0 Å². The predicted octanol–water partition coefficient (Wildman–Crippen LogP) is 3.89. The Morgan fingerprint density at radius 2 is 2.19 bits per heavy atom. The van der Waals surface area contributed by atoms with Crippen molar-refractivity contribution in [2.45, 2.75) is 56.7 Å². The average Bonchev–Trinajstić information content (AvgIpc) is 2.97. The Hall–Kier alpha value is -0.490. The molecule has 1 aromatic heterocycles. The van der Waals surface area contributed by atoms with Crippen LogP contribution < -0.4 is 10.9 Å². The number of rotatable bonds is 7. The molecule has 0 aliphatic heterocycles. The fraction of sp³-hybridized carbons (Fsp3) is 0.733. The maximum Gasteiger partial charge on any atom is 0.283 e. The molecule has 2 rings (SSSR count). The number of hydrogen-bond donors (Lipinski definition) is 1. The second-order valence-electron chi connectivity index (χ2n) is 5.70. The smallest absolute Gasteiger partial charge is 0.283 e. The van der Waals surface area contributed by atoms with Gasteiger partial charge >= 0.3 is 0 Å². The summed E-state index contributed by atoms with van der Waals surface area (Å²) in [4.78, 5) is 12.2. The van der Waals surface area contributed by atoms with Gasteiger partial charge in [0.2, 0.25) is 0 Å². The standard InChI is InChI=1S/C15H24BrN3OS/c1-3-4-9-19-14(20)13(16)12(10-18-19)17-11-15(21-2)7-5-6-8-15/h10,17H,3-9,11H2,1-2H3. The number of thioether (sulfide) groups is 1. The minimum atomic E-state index is -0.0435. The maximum atomic E-state index is 12.2. The third kappa shape index (κ3) is 4.03. The fourth-order valence-corrected chi connectivity index (χ4v) is 4.14. The molecular weight excluding hydrogens is 350 g/mol. The lowest BCUT2D eigenvalue weighted by Gasteiger charge is -2.27. The summed E-state index contributed by atoms with van der Waals surface area (Å²) >= 11 is 5.37. The summed E-state index contributed by atoms with van der Waals surface area (Å²) in [5.74, 6) is 0. The largest absolute Gasteiger partial charge is 0.381 e. The lowest BCUT2D eigenvalue weighted by molar-refractivity contribution is 0.540. The number of halogens is 1. The molecule has 0 aromatic carbocycles. The zero-order chi connectivity index (χ0) is 15.3. The van der Waals surface area contributed by atoms with E-state index in [0.717, 1.165) is 25.1 Å². The minimum Gasteiger partial charge on any atom is -0.381 e. The van der Waals surface area contributed by atoms with E-state index in [1.807, 2.05) is 11.8 Å². The van der Waals surface area contributed by atoms with E-state index in [1.54, 1.807) is 10.9 Å². The van der Waals surface area contributed by atoms with Crippen LogP contribution in [0, 0.1) is 0 Å². The van der Waals surface area contributed by atoms with Crippen LogP contribution in [-0.2, 0) is 6.54 Å². The topological polar surface area (TPSA) is 46.9 Å². The van der Waals surface area contributed by atoms with Crippen molar-refractivity contribution in [3.05, 3.63) is 21.0 Å². The molecule has 0 saturated heterocycles. The molecule has 21 heavy (non-hydrogen) atoms. The molecular formula is C15H24BrN3OS. The van der Waals surface area contributed by atoms with Crippen LogP contribution in [0.4, 0.5) is 5.69 Å². The highest BCUT2D eigenvalue weighted by Crippen LogP contribution is 2.40. The SMILES string of the molecule is CCCCn1ncc(NCC2(SC)CCCC2)c(Br)c1=O. The van der Waals surface area contributed by atoms with Crippen LogP contribution in [0.3, 0.4) is 0 Å². The number of nitrogens with one attached hydrogen (secondary N) is 1. The molecule has 1 fully saturated rings. The summed E-state index contributed by atoms with van der Waals surface area (Å²) in [6, 6.07) is 0. The van der Waals surface area contributed by atoms with Gasteiger partial charge in [-0.05, 0) is 41.4 Å². The summed E-state index contributed by atoms with van der Waals surface area (Å²) in [6.07, 6.45) is 11.1. The molecule has 0 bridgehead atoms. The number of anilines is 1. The average molecular weight is 374 g/mol. The highest BCUT2D eigenvalue weighted by Gasteiger charge is 2.32. The Morgan fingerprint density at radius 3 is 2.81 bits per heavy atom. The van der Waals surface area contributed by atoms with Crippen molar-refractivity contribution in [1.29, 1.82) is 0 Å². The molecule has 1 aromatic rings. The van der Waals surface area contributed by atoms with Crippen molar-refractivity contribution in [3.8, 4) is 0 Å². The molecule has 6 heteroatoms. The molecule has 0 spiro atoms. The first-order valence-electron chi connectivity index (χ1n) is 7.66. The number of hydrogen-bond acceptors (Lipinski definition) is 4. The van der Waals surface area contributed by atoms with E-state index >= 15 is 0 Å². The molecule has 0 atom stereocenters. The Bertz CT molecular complexity index is 526. The van der Waals surface area contributed by atoms with Crippen molar-refractivity contribution in [2.24, 2.45) is 0 Å². The van der Waals surface area contributed by atoms with E-state index in [4.69, 9.17) is 0 Å². The summed E-state index contributed by atoms with van der Waals surface area (Å²) in [6.45, 7) is 3.69. The van der Waals surface area contributed by atoms with Gasteiger partial charge < -0.3 is 5.32 Å². The molecule has 118 valence electrons. The summed E-state index contributed by atoms with van der Waals surface area (Å²) < 4.78 is 2.46. The van der Waals surface area contributed by atoms with Gasteiger partial charge in [-0.25, -0.2) is 4.68 Å². The molecule has 1 N–H and O–H groups in total. The van der Waals surface area contributed by atoms with Gasteiger partial charge in [0.25, 0.3) is 5.56 Å². The van der Waals surface area contributed by atoms with Crippen LogP contribution in [0.15, 0.2) is 15.5 Å². The number of aryl methyl sites for hydroxylation is 1. The predicted molar refractivity (Wildman–Crippen MR) is 94.3 cm³/mol. The van der Waals surface area contributed by atoms with Crippen molar-refractivity contribution in [1.82, 2.24) is 9.78 Å². The Kier molecular flexibility index (Phi) is 6.17. The molecule has 0 radical (unpaired) electrons. The Morgan fingerprint density at radius 1 is 1.48 bits per heavy atom. The van der Waals surface area contributed by atoms with Crippen LogP contribution in [0.2, 0.25) is 0 Å². The van der Waals surface area contributed by atoms with Crippen molar-refractivity contribution < 1.29 is 0 Å². The number of aromatic nitrogens is 2. The van der Waals surface area contributed by atoms with Crippen molar-refractivity contribution in [2.75, 3.05) is 18.1 Å². The van der Waals surface area contributed by atoms with E-state index in [0.29, 0.717) is 15.8 Å². The summed E-state index contributed by atoms with van der Waals surface area (Å²) in [7, 11) is 0. The first-order chi connectivity index (χ1) is 10.1. The molecule has 0 amide bonds. The summed E-state index contributed by atoms with van der Waals surface area (Å²) in [5.41, 5.74) is 0.770. The van der Waals surface area contributed by atoms with Gasteiger partial charge in [-0.2, -0.15) is 16.9 Å². The number of nitrogens with zero attached hydrogens (tertiary/aromatic N) is 2. The van der Waals surface area contributed by atoms with Crippen molar-refractivity contribution >= 4 is 33.4 Å². The van der Waals surface area contributed by atoms with E-state index in [2.05, 4.69) is 39.5 Å². The molecule has 1 heterocycles. The molecule has 1 aliphatic carbocycles. The van der Waals surface area contributed by atoms with E-state index in [-0.39, 0.29) is 5.56 Å². The number of unbranched alkanes of at least 4 members (excludes halogenated alkanes) is 1. The highest BCUT2D eigenvalue weighted by atomic mass is 79.9. The van der Waals surface area contributed by atoms with Crippen LogP contribution >= 0.6 is 27.7 Å². The zero-order valence-electron chi connectivity index (χ0n) is 12.8. The van der Waals surface area contributed by atoms with E-state index < -0.39 is 0 Å². The van der Waals surface area contributed by atoms with Crippen LogP contribution in [-0.4, -0.2) is 27.3 Å². The van der Waals surface area contributed by atoms with Gasteiger partial charge in [0, 0.05) is 17.8 Å². The first kappa shape index (κ1) is 16.9. The lowest BCUT2D eigenvalue weighted by atomic mass is 10.1. The maximum absolute atomic E-state index is 12.2. The van der Waals surface area contributed by atoms with Gasteiger partial charge in [-0.3, -0.25) is 4.79 Å². The molecule has 0 unspecified atom stereocenters. The fourth-order valence-electron chi connectivity index (χ4n) is 2.78. The third-order valence-corrected chi connectivity index (χ3v) is 6.44. The van der Waals surface area contributed by atoms with E-state index in [9.17, 15) is 4.79 Å². The lowest BCUT2D eigenvalue weighted by Crippen LogP contribution is -2.31. The highest BCUT2D eigenvalue weighted by molar-refractivity contribution is 9.10. The van der Waals surface area contributed by atoms with Crippen molar-refractivity contribution in [3.63, 3.8) is 0 Å². The van der Waals surface area contributed by atoms with Gasteiger partial charge in [-0.15, -0.1) is 0 Å². The van der Waals surface area contributed by atoms with Gasteiger partial charge in [0.1, 0.15) is 4.47 Å². The summed E-state index contributed by atoms with van der Waals surface area (Å²) in [5, 5.41) is 7.70. The normalized spacial score (nSPS) is 17.1. The zero-order valence-corrected chi connectivity index (χ0v) is 15.2. The monoisotopic (exact) mass is 373 g/mol. The Balaban J connectivity index is 2.07. The Labute approximate surface area is 139 Å². The van der Waals surface area contributed by atoms with E-state index in [1.165, 1.54) is 25.7 Å². The van der Waals surface area contributed by atoms with Gasteiger partial charge in [-0.1, -0.05) is 26.2 Å². The third-order valence-electron chi connectivity index (χ3n) is 4.26. The molecule has 1 aliphatic rings. The minimum absolute atomic E-state index is 0.0435. The van der Waals surface area contributed by atoms with Crippen LogP contribution in [0.5, 0.6) is 0 Å². The second-order valence-corrected chi connectivity index (χ2v) is 7.77. The van der Waals surface area contributed by atoms with Gasteiger partial charge in [0.15, 0.2) is 0 Å². The molecule has 4 nitrogen and oxygen atoms in total. The quantitative estimate of drug-likeness (QED) is 0.787. The van der Waals surface area contributed by atoms with Gasteiger partial charge in [0.05, 0.1) is 11.9 Å². The first-order valence-corrected chi connectivity index (χ1v) is 9.68. The second kappa shape index (κ2) is 7.68.